The number of hydrogen-bond donors (Lipinski definition) is 1. The third-order valence-electron chi connectivity index (χ3n) is 5.00. The Balaban J connectivity index is 1.38. The van der Waals surface area contributed by atoms with Gasteiger partial charge in [0.15, 0.2) is 0 Å². The van der Waals surface area contributed by atoms with Gasteiger partial charge < -0.3 is 14.1 Å². The smallest absolute Gasteiger partial charge is 0.336 e. The molecule has 2 heterocycles. The molecule has 0 bridgehead atoms. The predicted molar refractivity (Wildman–Crippen MR) is 113 cm³/mol. The van der Waals surface area contributed by atoms with Crippen LogP contribution in [0.2, 0.25) is 5.02 Å². The number of aryl methyl sites for hydroxylation is 2. The van der Waals surface area contributed by atoms with Gasteiger partial charge in [0.05, 0.1) is 0 Å². The van der Waals surface area contributed by atoms with Gasteiger partial charge in [0.2, 0.25) is 0 Å². The molecule has 0 radical (unpaired) electrons. The Hall–Kier alpha value is -3.05. The predicted octanol–water partition coefficient (Wildman–Crippen LogP) is 5.30. The van der Waals surface area contributed by atoms with Crippen molar-refractivity contribution in [2.45, 2.75) is 32.8 Å². The lowest BCUT2D eigenvalue weighted by Gasteiger charge is -2.08. The SMILES string of the molecule is Cc1cc2oc(=O)cc(COC(=O)CCCc3c[nH]c4ccccc34)c2cc1Cl. The second kappa shape index (κ2) is 8.13. The number of hydrogen-bond acceptors (Lipinski definition) is 4. The molecule has 0 amide bonds. The summed E-state index contributed by atoms with van der Waals surface area (Å²) in [6.45, 7) is 1.84. The van der Waals surface area contributed by atoms with Crippen molar-refractivity contribution < 1.29 is 13.9 Å². The van der Waals surface area contributed by atoms with E-state index in [0.717, 1.165) is 17.5 Å². The first kappa shape index (κ1) is 19.3. The van der Waals surface area contributed by atoms with Crippen LogP contribution in [0.25, 0.3) is 21.9 Å². The second-order valence-corrected chi connectivity index (χ2v) is 7.47. The molecule has 2 aromatic heterocycles. The molecule has 0 saturated heterocycles. The Bertz CT molecular complexity index is 1250. The number of benzene rings is 2. The summed E-state index contributed by atoms with van der Waals surface area (Å²) in [7, 11) is 0. The van der Waals surface area contributed by atoms with Crippen molar-refractivity contribution in [1.29, 1.82) is 0 Å². The van der Waals surface area contributed by atoms with Crippen LogP contribution in [0.4, 0.5) is 0 Å². The third kappa shape index (κ3) is 4.20. The fraction of sp³-hybridized carbons (Fsp3) is 0.217. The van der Waals surface area contributed by atoms with Gasteiger partial charge in [-0.15, -0.1) is 0 Å². The van der Waals surface area contributed by atoms with Crippen LogP contribution in [0.15, 0.2) is 57.9 Å². The van der Waals surface area contributed by atoms with Crippen molar-refractivity contribution in [2.75, 3.05) is 0 Å². The van der Waals surface area contributed by atoms with Crippen LogP contribution in [-0.2, 0) is 22.6 Å². The van der Waals surface area contributed by atoms with Gasteiger partial charge >= 0.3 is 11.6 Å². The van der Waals surface area contributed by atoms with Gasteiger partial charge in [-0.05, 0) is 49.1 Å². The normalized spacial score (nSPS) is 11.2. The van der Waals surface area contributed by atoms with Crippen molar-refractivity contribution in [2.24, 2.45) is 0 Å². The number of carbonyl (C=O) groups is 1. The molecule has 0 atom stereocenters. The summed E-state index contributed by atoms with van der Waals surface area (Å²) in [5, 5.41) is 2.42. The molecule has 1 N–H and O–H groups in total. The van der Waals surface area contributed by atoms with E-state index in [1.54, 1.807) is 12.1 Å². The van der Waals surface area contributed by atoms with Crippen LogP contribution in [0, 0.1) is 6.92 Å². The molecule has 0 unspecified atom stereocenters. The van der Waals surface area contributed by atoms with E-state index >= 15 is 0 Å². The van der Waals surface area contributed by atoms with E-state index in [4.69, 9.17) is 20.8 Å². The minimum atomic E-state index is -0.482. The Kier molecular flexibility index (Phi) is 5.41. The average molecular weight is 410 g/mol. The minimum Gasteiger partial charge on any atom is -0.461 e. The highest BCUT2D eigenvalue weighted by atomic mass is 35.5. The molecule has 148 valence electrons. The Morgan fingerprint density at radius 1 is 1.14 bits per heavy atom. The third-order valence-corrected chi connectivity index (χ3v) is 5.41. The monoisotopic (exact) mass is 409 g/mol. The average Bonchev–Trinajstić information content (AvgIpc) is 3.11. The number of esters is 1. The fourth-order valence-corrected chi connectivity index (χ4v) is 3.62. The lowest BCUT2D eigenvalue weighted by atomic mass is 10.1. The molecule has 4 rings (SSSR count). The zero-order valence-electron chi connectivity index (χ0n) is 16.0. The van der Waals surface area contributed by atoms with E-state index in [2.05, 4.69) is 11.1 Å². The van der Waals surface area contributed by atoms with Crippen LogP contribution >= 0.6 is 11.6 Å². The number of H-pyrrole nitrogens is 1. The van der Waals surface area contributed by atoms with Crippen molar-refractivity contribution >= 4 is 39.4 Å². The van der Waals surface area contributed by atoms with E-state index < -0.39 is 5.63 Å². The van der Waals surface area contributed by atoms with Crippen LogP contribution in [0.3, 0.4) is 0 Å². The van der Waals surface area contributed by atoms with E-state index in [0.29, 0.717) is 34.4 Å². The van der Waals surface area contributed by atoms with E-state index in [1.165, 1.54) is 17.0 Å². The van der Waals surface area contributed by atoms with Gasteiger partial charge in [-0.25, -0.2) is 4.79 Å². The molecule has 4 aromatic rings. The lowest BCUT2D eigenvalue weighted by molar-refractivity contribution is -0.145. The highest BCUT2D eigenvalue weighted by Crippen LogP contribution is 2.26. The molecule has 0 aliphatic heterocycles. The Morgan fingerprint density at radius 2 is 1.97 bits per heavy atom. The maximum absolute atomic E-state index is 12.2. The first-order chi connectivity index (χ1) is 14.0. The summed E-state index contributed by atoms with van der Waals surface area (Å²) in [4.78, 5) is 27.2. The van der Waals surface area contributed by atoms with Crippen molar-refractivity contribution in [3.8, 4) is 0 Å². The quantitative estimate of drug-likeness (QED) is 0.346. The Morgan fingerprint density at radius 3 is 2.83 bits per heavy atom. The van der Waals surface area contributed by atoms with E-state index in [9.17, 15) is 9.59 Å². The summed E-state index contributed by atoms with van der Waals surface area (Å²) < 4.78 is 10.6. The van der Waals surface area contributed by atoms with Crippen LogP contribution in [0.5, 0.6) is 0 Å². The molecule has 0 aliphatic carbocycles. The van der Waals surface area contributed by atoms with Crippen LogP contribution < -0.4 is 5.63 Å². The van der Waals surface area contributed by atoms with Gasteiger partial charge in [-0.2, -0.15) is 0 Å². The number of ether oxygens (including phenoxy) is 1. The fourth-order valence-electron chi connectivity index (χ4n) is 3.46. The first-order valence-electron chi connectivity index (χ1n) is 9.45. The number of fused-ring (bicyclic) bond motifs is 2. The lowest BCUT2D eigenvalue weighted by Crippen LogP contribution is -2.08. The van der Waals surface area contributed by atoms with Gasteiger partial charge in [-0.3, -0.25) is 4.79 Å². The van der Waals surface area contributed by atoms with Crippen LogP contribution in [0.1, 0.15) is 29.5 Å². The summed E-state index contributed by atoms with van der Waals surface area (Å²) in [5.41, 5.74) is 3.63. The second-order valence-electron chi connectivity index (χ2n) is 7.06. The number of aromatic amines is 1. The Labute approximate surface area is 172 Å². The maximum Gasteiger partial charge on any atom is 0.336 e. The zero-order valence-corrected chi connectivity index (χ0v) is 16.7. The first-order valence-corrected chi connectivity index (χ1v) is 9.82. The van der Waals surface area contributed by atoms with Gasteiger partial charge in [-0.1, -0.05) is 29.8 Å². The van der Waals surface area contributed by atoms with Gasteiger partial charge in [0, 0.05) is 45.6 Å². The van der Waals surface area contributed by atoms with Gasteiger partial charge in [0.1, 0.15) is 12.2 Å². The molecular formula is C23H20ClNO4. The van der Waals surface area contributed by atoms with Crippen molar-refractivity contribution in [1.82, 2.24) is 4.98 Å². The molecule has 0 fully saturated rings. The number of nitrogens with one attached hydrogen (secondary N) is 1. The number of aromatic nitrogens is 1. The van der Waals surface area contributed by atoms with E-state index in [-0.39, 0.29) is 12.6 Å². The molecular weight excluding hydrogens is 390 g/mol. The highest BCUT2D eigenvalue weighted by Gasteiger charge is 2.11. The summed E-state index contributed by atoms with van der Waals surface area (Å²) in [5.74, 6) is -0.301. The van der Waals surface area contributed by atoms with Gasteiger partial charge in [0.25, 0.3) is 0 Å². The number of carbonyl (C=O) groups excluding carboxylic acids is 1. The topological polar surface area (TPSA) is 72.3 Å². The van der Waals surface area contributed by atoms with Crippen molar-refractivity contribution in [3.63, 3.8) is 0 Å². The molecule has 6 heteroatoms. The maximum atomic E-state index is 12.2. The molecule has 2 aromatic carbocycles. The molecule has 0 saturated carbocycles. The standard InChI is InChI=1S/C23H20ClNO4/c1-14-9-21-18(11-19(14)24)16(10-23(27)29-21)13-28-22(26)8-4-5-15-12-25-20-7-3-2-6-17(15)20/h2-3,6-7,9-12,25H,4-5,8,13H2,1H3. The number of para-hydroxylation sites is 1. The zero-order chi connectivity index (χ0) is 20.4. The largest absolute Gasteiger partial charge is 0.461 e. The van der Waals surface area contributed by atoms with Crippen LogP contribution in [-0.4, -0.2) is 11.0 Å². The summed E-state index contributed by atoms with van der Waals surface area (Å²) in [6, 6.07) is 12.9. The number of halogens is 1. The molecule has 29 heavy (non-hydrogen) atoms. The summed E-state index contributed by atoms with van der Waals surface area (Å²) in [6.07, 6.45) is 3.76. The van der Waals surface area contributed by atoms with E-state index in [1.807, 2.05) is 31.3 Å². The number of rotatable bonds is 6. The minimum absolute atomic E-state index is 0.00735. The molecule has 0 spiro atoms. The highest BCUT2D eigenvalue weighted by molar-refractivity contribution is 6.32. The molecule has 5 nitrogen and oxygen atoms in total. The molecule has 0 aliphatic rings. The summed E-state index contributed by atoms with van der Waals surface area (Å²) >= 11 is 6.19. The van der Waals surface area contributed by atoms with Crippen molar-refractivity contribution in [3.05, 3.63) is 80.8 Å².